The van der Waals surface area contributed by atoms with E-state index in [1.807, 2.05) is 30.3 Å². The number of hydrogen-bond donors (Lipinski definition) is 1. The van der Waals surface area contributed by atoms with Crippen LogP contribution in [0.4, 0.5) is 0 Å². The van der Waals surface area contributed by atoms with Crippen LogP contribution in [-0.4, -0.2) is 19.1 Å². The van der Waals surface area contributed by atoms with Gasteiger partial charge in [-0.3, -0.25) is 4.79 Å². The summed E-state index contributed by atoms with van der Waals surface area (Å²) in [6.07, 6.45) is 2.58. The smallest absolute Gasteiger partial charge is 0.220 e. The fourth-order valence-electron chi connectivity index (χ4n) is 2.10. The van der Waals surface area contributed by atoms with Gasteiger partial charge < -0.3 is 10.1 Å². The molecule has 0 saturated carbocycles. The van der Waals surface area contributed by atoms with Crippen LogP contribution < -0.4 is 10.1 Å². The second-order valence-corrected chi connectivity index (χ2v) is 4.78. The van der Waals surface area contributed by atoms with Gasteiger partial charge in [-0.1, -0.05) is 49.7 Å². The quantitative estimate of drug-likeness (QED) is 0.782. The highest BCUT2D eigenvalue weighted by atomic mass is 16.5. The fraction of sp³-hybridized carbons (Fsp3) is 0.353. The molecule has 0 aromatic heterocycles. The van der Waals surface area contributed by atoms with Gasteiger partial charge in [-0.05, 0) is 17.9 Å². The number of unbranched alkanes of at least 4 members (excludes halogenated alkanes) is 1. The highest BCUT2D eigenvalue weighted by Gasteiger charge is 2.02. The summed E-state index contributed by atoms with van der Waals surface area (Å²) < 4.78 is 5.76. The topological polar surface area (TPSA) is 38.3 Å². The van der Waals surface area contributed by atoms with Gasteiger partial charge in [0.05, 0.1) is 6.54 Å². The first-order chi connectivity index (χ1) is 9.81. The molecule has 0 unspecified atom stereocenters. The molecule has 0 fully saturated rings. The normalized spacial score (nSPS) is 10.4. The molecule has 3 nitrogen and oxygen atoms in total. The lowest BCUT2D eigenvalue weighted by Gasteiger charge is -2.10. The van der Waals surface area contributed by atoms with Crippen LogP contribution in [-0.2, 0) is 4.79 Å². The molecule has 2 aromatic carbocycles. The van der Waals surface area contributed by atoms with Gasteiger partial charge in [0.1, 0.15) is 12.4 Å². The van der Waals surface area contributed by atoms with Crippen LogP contribution >= 0.6 is 0 Å². The summed E-state index contributed by atoms with van der Waals surface area (Å²) in [5.74, 6) is 0.972. The molecule has 3 heteroatoms. The van der Waals surface area contributed by atoms with Crippen molar-refractivity contribution in [2.24, 2.45) is 0 Å². The molecule has 0 spiro atoms. The molecule has 106 valence electrons. The Morgan fingerprint density at radius 1 is 1.15 bits per heavy atom. The molecule has 2 aromatic rings. The Labute approximate surface area is 119 Å². The van der Waals surface area contributed by atoms with E-state index in [1.54, 1.807) is 0 Å². The number of carbonyl (C=O) groups excluding carboxylic acids is 1. The predicted octanol–water partition coefficient (Wildman–Crippen LogP) is 3.53. The van der Waals surface area contributed by atoms with Gasteiger partial charge in [-0.15, -0.1) is 0 Å². The third kappa shape index (κ3) is 3.98. The highest BCUT2D eigenvalue weighted by molar-refractivity contribution is 5.88. The van der Waals surface area contributed by atoms with Crippen molar-refractivity contribution in [2.45, 2.75) is 26.2 Å². The number of benzene rings is 2. The Bertz CT molecular complexity index is 560. The Morgan fingerprint density at radius 2 is 1.95 bits per heavy atom. The summed E-state index contributed by atoms with van der Waals surface area (Å²) in [5.41, 5.74) is 0. The van der Waals surface area contributed by atoms with Crippen molar-refractivity contribution < 1.29 is 9.53 Å². The summed E-state index contributed by atoms with van der Waals surface area (Å²) in [5, 5.41) is 5.14. The maximum Gasteiger partial charge on any atom is 0.220 e. The molecular weight excluding hydrogens is 250 g/mol. The summed E-state index contributed by atoms with van der Waals surface area (Å²) in [6, 6.07) is 14.1. The van der Waals surface area contributed by atoms with Crippen LogP contribution in [0.1, 0.15) is 26.2 Å². The first-order valence-electron chi connectivity index (χ1n) is 7.18. The van der Waals surface area contributed by atoms with Crippen molar-refractivity contribution in [3.8, 4) is 5.75 Å². The number of fused-ring (bicyclic) bond motifs is 1. The summed E-state index contributed by atoms with van der Waals surface area (Å²) in [6.45, 7) is 3.12. The summed E-state index contributed by atoms with van der Waals surface area (Å²) >= 11 is 0. The van der Waals surface area contributed by atoms with Gasteiger partial charge in [0, 0.05) is 11.8 Å². The molecular formula is C17H21NO2. The van der Waals surface area contributed by atoms with Crippen molar-refractivity contribution in [3.63, 3.8) is 0 Å². The second-order valence-electron chi connectivity index (χ2n) is 4.78. The first kappa shape index (κ1) is 14.4. The number of hydrogen-bond acceptors (Lipinski definition) is 2. The molecule has 1 N–H and O–H groups in total. The Hall–Kier alpha value is -2.03. The maximum atomic E-state index is 11.5. The van der Waals surface area contributed by atoms with Crippen molar-refractivity contribution in [1.29, 1.82) is 0 Å². The molecule has 0 radical (unpaired) electrons. The molecule has 1 amide bonds. The number of amides is 1. The maximum absolute atomic E-state index is 11.5. The van der Waals surface area contributed by atoms with E-state index in [4.69, 9.17) is 4.74 Å². The number of nitrogens with one attached hydrogen (secondary N) is 1. The minimum Gasteiger partial charge on any atom is -0.491 e. The first-order valence-corrected chi connectivity index (χ1v) is 7.18. The summed E-state index contributed by atoms with van der Waals surface area (Å²) in [4.78, 5) is 11.5. The van der Waals surface area contributed by atoms with E-state index in [0.29, 0.717) is 19.6 Å². The predicted molar refractivity (Wildman–Crippen MR) is 82.0 cm³/mol. The zero-order valence-corrected chi connectivity index (χ0v) is 11.9. The van der Waals surface area contributed by atoms with E-state index in [1.165, 1.54) is 0 Å². The van der Waals surface area contributed by atoms with Crippen molar-refractivity contribution >= 4 is 16.7 Å². The van der Waals surface area contributed by atoms with Crippen molar-refractivity contribution in [2.75, 3.05) is 13.2 Å². The van der Waals surface area contributed by atoms with E-state index in [-0.39, 0.29) is 5.91 Å². The highest BCUT2D eigenvalue weighted by Crippen LogP contribution is 2.24. The van der Waals surface area contributed by atoms with Crippen molar-refractivity contribution in [1.82, 2.24) is 5.32 Å². The van der Waals surface area contributed by atoms with Gasteiger partial charge in [-0.25, -0.2) is 0 Å². The van der Waals surface area contributed by atoms with E-state index >= 15 is 0 Å². The fourth-order valence-corrected chi connectivity index (χ4v) is 2.10. The van der Waals surface area contributed by atoms with Gasteiger partial charge in [-0.2, -0.15) is 0 Å². The van der Waals surface area contributed by atoms with Crippen LogP contribution in [0.2, 0.25) is 0 Å². The summed E-state index contributed by atoms with van der Waals surface area (Å²) in [7, 11) is 0. The van der Waals surface area contributed by atoms with E-state index in [0.717, 1.165) is 29.4 Å². The third-order valence-electron chi connectivity index (χ3n) is 3.19. The molecule has 0 atom stereocenters. The van der Waals surface area contributed by atoms with Crippen LogP contribution in [0, 0.1) is 0 Å². The van der Waals surface area contributed by atoms with Crippen LogP contribution in [0.5, 0.6) is 5.75 Å². The van der Waals surface area contributed by atoms with Gasteiger partial charge >= 0.3 is 0 Å². The van der Waals surface area contributed by atoms with Crippen LogP contribution in [0.3, 0.4) is 0 Å². The SMILES string of the molecule is CCCCC(=O)NCCOc1cccc2ccccc12. The standard InChI is InChI=1S/C17H21NO2/c1-2-3-11-17(19)18-12-13-20-16-10-6-8-14-7-4-5-9-15(14)16/h4-10H,2-3,11-13H2,1H3,(H,18,19). The molecule has 0 saturated heterocycles. The lowest BCUT2D eigenvalue weighted by molar-refractivity contribution is -0.121. The molecule has 0 aliphatic carbocycles. The van der Waals surface area contributed by atoms with E-state index in [9.17, 15) is 4.79 Å². The zero-order chi connectivity index (χ0) is 14.2. The molecule has 2 rings (SSSR count). The monoisotopic (exact) mass is 271 g/mol. The zero-order valence-electron chi connectivity index (χ0n) is 11.9. The minimum atomic E-state index is 0.105. The molecule has 0 aliphatic rings. The number of carbonyl (C=O) groups is 1. The van der Waals surface area contributed by atoms with Gasteiger partial charge in [0.2, 0.25) is 5.91 Å². The van der Waals surface area contributed by atoms with Gasteiger partial charge in [0.25, 0.3) is 0 Å². The molecule has 0 aliphatic heterocycles. The second kappa shape index (κ2) is 7.53. The third-order valence-corrected chi connectivity index (χ3v) is 3.19. The Morgan fingerprint density at radius 3 is 2.80 bits per heavy atom. The van der Waals surface area contributed by atoms with E-state index in [2.05, 4.69) is 24.4 Å². The lowest BCUT2D eigenvalue weighted by Crippen LogP contribution is -2.27. The Balaban J connectivity index is 1.83. The average Bonchev–Trinajstić information content (AvgIpc) is 2.49. The minimum absolute atomic E-state index is 0.105. The number of rotatable bonds is 7. The molecule has 0 bridgehead atoms. The van der Waals surface area contributed by atoms with Gasteiger partial charge in [0.15, 0.2) is 0 Å². The Kier molecular flexibility index (Phi) is 5.42. The lowest BCUT2D eigenvalue weighted by atomic mass is 10.1. The largest absolute Gasteiger partial charge is 0.491 e. The number of ether oxygens (including phenoxy) is 1. The molecule has 20 heavy (non-hydrogen) atoms. The van der Waals surface area contributed by atoms with E-state index < -0.39 is 0 Å². The molecule has 0 heterocycles. The van der Waals surface area contributed by atoms with Crippen molar-refractivity contribution in [3.05, 3.63) is 42.5 Å². The van der Waals surface area contributed by atoms with Crippen LogP contribution in [0.25, 0.3) is 10.8 Å². The average molecular weight is 271 g/mol. The van der Waals surface area contributed by atoms with Crippen LogP contribution in [0.15, 0.2) is 42.5 Å².